The van der Waals surface area contributed by atoms with Crippen LogP contribution in [0.1, 0.15) is 27.2 Å². The lowest BCUT2D eigenvalue weighted by Crippen LogP contribution is -2.13. The molecule has 0 aromatic rings. The van der Waals surface area contributed by atoms with Gasteiger partial charge in [0.25, 0.3) is 0 Å². The minimum atomic E-state index is -0.414. The molecule has 0 N–H and O–H groups in total. The number of ketones is 1. The van der Waals surface area contributed by atoms with Gasteiger partial charge in [0, 0.05) is 0 Å². The van der Waals surface area contributed by atoms with Gasteiger partial charge in [-0.15, -0.1) is 0 Å². The molecule has 0 aromatic heterocycles. The van der Waals surface area contributed by atoms with Crippen molar-refractivity contribution < 1.29 is 14.3 Å². The van der Waals surface area contributed by atoms with Gasteiger partial charge in [-0.2, -0.15) is 11.8 Å². The van der Waals surface area contributed by atoms with Crippen molar-refractivity contribution in [1.82, 2.24) is 0 Å². The van der Waals surface area contributed by atoms with E-state index in [4.69, 9.17) is 0 Å². The Balaban J connectivity index is 3.50. The summed E-state index contributed by atoms with van der Waals surface area (Å²) in [6.07, 6.45) is -0.0844. The third kappa shape index (κ3) is 8.10. The molecule has 0 rings (SSSR count). The number of thioether (sulfide) groups is 1. The van der Waals surface area contributed by atoms with Crippen LogP contribution >= 0.6 is 11.8 Å². The maximum atomic E-state index is 11.2. The summed E-state index contributed by atoms with van der Waals surface area (Å²) in [5, 5.41) is 0. The first-order valence-corrected chi connectivity index (χ1v) is 5.96. The van der Waals surface area contributed by atoms with Gasteiger partial charge in [-0.05, 0) is 18.6 Å². The standard InChI is InChI=1S/C10H18O3S/c1-4-13-10(12)5-9(11)7-14-6-8(2)3/h8H,4-7H2,1-3H3. The van der Waals surface area contributed by atoms with E-state index in [1.54, 1.807) is 18.7 Å². The molecule has 0 aromatic carbocycles. The highest BCUT2D eigenvalue weighted by atomic mass is 32.2. The van der Waals surface area contributed by atoms with Crippen LogP contribution in [0.2, 0.25) is 0 Å². The Morgan fingerprint density at radius 1 is 1.36 bits per heavy atom. The molecule has 0 aliphatic heterocycles. The molecule has 82 valence electrons. The highest BCUT2D eigenvalue weighted by molar-refractivity contribution is 7.99. The molecule has 0 saturated carbocycles. The Bertz CT molecular complexity index is 190. The molecule has 0 heterocycles. The Hall–Kier alpha value is -0.510. The van der Waals surface area contributed by atoms with Crippen LogP contribution in [0.25, 0.3) is 0 Å². The number of Topliss-reactive ketones (excluding diaryl/α,β-unsaturated/α-hetero) is 1. The van der Waals surface area contributed by atoms with Crippen molar-refractivity contribution in [3.05, 3.63) is 0 Å². The Labute approximate surface area is 89.6 Å². The van der Waals surface area contributed by atoms with Crippen molar-refractivity contribution in [2.75, 3.05) is 18.1 Å². The summed E-state index contributed by atoms with van der Waals surface area (Å²) in [6.45, 7) is 6.27. The molecule has 0 fully saturated rings. The summed E-state index contributed by atoms with van der Waals surface area (Å²) < 4.78 is 4.67. The van der Waals surface area contributed by atoms with E-state index in [2.05, 4.69) is 18.6 Å². The van der Waals surface area contributed by atoms with E-state index in [1.165, 1.54) is 0 Å². The lowest BCUT2D eigenvalue weighted by atomic mass is 10.3. The van der Waals surface area contributed by atoms with E-state index in [9.17, 15) is 9.59 Å². The predicted molar refractivity (Wildman–Crippen MR) is 58.4 cm³/mol. The molecule has 0 spiro atoms. The van der Waals surface area contributed by atoms with Crippen LogP contribution in [0.15, 0.2) is 0 Å². The van der Waals surface area contributed by atoms with Crippen molar-refractivity contribution in [2.24, 2.45) is 5.92 Å². The molecule has 0 atom stereocenters. The van der Waals surface area contributed by atoms with Gasteiger partial charge < -0.3 is 4.74 Å². The van der Waals surface area contributed by atoms with Crippen molar-refractivity contribution in [2.45, 2.75) is 27.2 Å². The van der Waals surface area contributed by atoms with Crippen LogP contribution in [0.3, 0.4) is 0 Å². The van der Waals surface area contributed by atoms with Crippen LogP contribution in [0, 0.1) is 5.92 Å². The molecule has 0 unspecified atom stereocenters. The van der Waals surface area contributed by atoms with E-state index in [0.717, 1.165) is 5.75 Å². The molecule has 4 heteroatoms. The number of carbonyl (C=O) groups excluding carboxylic acids is 2. The molecule has 3 nitrogen and oxygen atoms in total. The fourth-order valence-corrected chi connectivity index (χ4v) is 1.75. The Morgan fingerprint density at radius 3 is 2.50 bits per heavy atom. The van der Waals surface area contributed by atoms with E-state index in [1.807, 2.05) is 0 Å². The van der Waals surface area contributed by atoms with Crippen LogP contribution in [-0.4, -0.2) is 29.9 Å². The lowest BCUT2D eigenvalue weighted by molar-refractivity contribution is -0.145. The lowest BCUT2D eigenvalue weighted by Gasteiger charge is -2.03. The number of rotatable bonds is 7. The van der Waals surface area contributed by atoms with Gasteiger partial charge in [0.1, 0.15) is 6.42 Å². The average molecular weight is 218 g/mol. The fourth-order valence-electron chi connectivity index (χ4n) is 0.833. The Morgan fingerprint density at radius 2 is 2.00 bits per heavy atom. The van der Waals surface area contributed by atoms with E-state index in [-0.39, 0.29) is 12.2 Å². The zero-order valence-electron chi connectivity index (χ0n) is 9.04. The molecule has 0 radical (unpaired) electrons. The second-order valence-corrected chi connectivity index (χ2v) is 4.46. The van der Waals surface area contributed by atoms with E-state index in [0.29, 0.717) is 18.3 Å². The predicted octanol–water partition coefficient (Wildman–Crippen LogP) is 1.90. The first-order valence-electron chi connectivity index (χ1n) is 4.81. The number of carbonyl (C=O) groups is 2. The minimum absolute atomic E-state index is 0.0471. The molecule has 14 heavy (non-hydrogen) atoms. The maximum absolute atomic E-state index is 11.2. The smallest absolute Gasteiger partial charge is 0.313 e. The highest BCUT2D eigenvalue weighted by Gasteiger charge is 2.10. The van der Waals surface area contributed by atoms with Crippen LogP contribution < -0.4 is 0 Å². The number of hydrogen-bond acceptors (Lipinski definition) is 4. The van der Waals surface area contributed by atoms with Gasteiger partial charge in [-0.1, -0.05) is 13.8 Å². The van der Waals surface area contributed by atoms with Gasteiger partial charge in [-0.3, -0.25) is 9.59 Å². The third-order valence-electron chi connectivity index (χ3n) is 1.36. The van der Waals surface area contributed by atoms with Crippen molar-refractivity contribution in [1.29, 1.82) is 0 Å². The number of hydrogen-bond donors (Lipinski definition) is 0. The van der Waals surface area contributed by atoms with Gasteiger partial charge in [0.2, 0.25) is 0 Å². The first-order chi connectivity index (χ1) is 6.56. The quantitative estimate of drug-likeness (QED) is 0.483. The highest BCUT2D eigenvalue weighted by Crippen LogP contribution is 2.08. The average Bonchev–Trinajstić information content (AvgIpc) is 2.03. The van der Waals surface area contributed by atoms with Crippen molar-refractivity contribution >= 4 is 23.5 Å². The van der Waals surface area contributed by atoms with Crippen LogP contribution in [0.4, 0.5) is 0 Å². The van der Waals surface area contributed by atoms with Crippen molar-refractivity contribution in [3.63, 3.8) is 0 Å². The first kappa shape index (κ1) is 13.5. The topological polar surface area (TPSA) is 43.4 Å². The molecule has 0 saturated heterocycles. The monoisotopic (exact) mass is 218 g/mol. The second kappa shape index (κ2) is 7.85. The molecule has 0 aliphatic carbocycles. The van der Waals surface area contributed by atoms with Crippen LogP contribution in [0.5, 0.6) is 0 Å². The maximum Gasteiger partial charge on any atom is 0.313 e. The van der Waals surface area contributed by atoms with E-state index < -0.39 is 5.97 Å². The molecule has 0 bridgehead atoms. The van der Waals surface area contributed by atoms with Crippen LogP contribution in [-0.2, 0) is 14.3 Å². The number of esters is 1. The normalized spacial score (nSPS) is 10.3. The van der Waals surface area contributed by atoms with E-state index >= 15 is 0 Å². The van der Waals surface area contributed by atoms with Gasteiger partial charge in [-0.25, -0.2) is 0 Å². The van der Waals surface area contributed by atoms with Crippen molar-refractivity contribution in [3.8, 4) is 0 Å². The van der Waals surface area contributed by atoms with Gasteiger partial charge in [0.05, 0.1) is 12.4 Å². The Kier molecular flexibility index (Phi) is 7.57. The summed E-state index contributed by atoms with van der Waals surface area (Å²) in [5.41, 5.74) is 0. The summed E-state index contributed by atoms with van der Waals surface area (Å²) >= 11 is 1.57. The van der Waals surface area contributed by atoms with Gasteiger partial charge in [0.15, 0.2) is 5.78 Å². The molecular weight excluding hydrogens is 200 g/mol. The number of ether oxygens (including phenoxy) is 1. The summed E-state index contributed by atoms with van der Waals surface area (Å²) in [5.74, 6) is 1.48. The molecule has 0 aliphatic rings. The SMILES string of the molecule is CCOC(=O)CC(=O)CSCC(C)C. The largest absolute Gasteiger partial charge is 0.466 e. The molecular formula is C10H18O3S. The molecule has 0 amide bonds. The summed E-state index contributed by atoms with van der Waals surface area (Å²) in [6, 6.07) is 0. The zero-order chi connectivity index (χ0) is 11.0. The minimum Gasteiger partial charge on any atom is -0.466 e. The second-order valence-electron chi connectivity index (χ2n) is 3.43. The summed E-state index contributed by atoms with van der Waals surface area (Å²) in [4.78, 5) is 22.1. The van der Waals surface area contributed by atoms with Gasteiger partial charge >= 0.3 is 5.97 Å². The summed E-state index contributed by atoms with van der Waals surface area (Å²) in [7, 11) is 0. The third-order valence-corrected chi connectivity index (χ3v) is 2.79. The zero-order valence-corrected chi connectivity index (χ0v) is 9.86. The fraction of sp³-hybridized carbons (Fsp3) is 0.800.